The molecule has 0 saturated heterocycles. The fourth-order valence-electron chi connectivity index (χ4n) is 4.34. The van der Waals surface area contributed by atoms with E-state index in [-0.39, 0.29) is 5.91 Å². The number of benzene rings is 3. The van der Waals surface area contributed by atoms with Crippen molar-refractivity contribution in [2.75, 3.05) is 7.05 Å². The van der Waals surface area contributed by atoms with Gasteiger partial charge in [-0.05, 0) is 56.3 Å². The normalized spacial score (nSPS) is 11.3. The van der Waals surface area contributed by atoms with E-state index in [2.05, 4.69) is 34.3 Å². The van der Waals surface area contributed by atoms with Gasteiger partial charge in [0.15, 0.2) is 0 Å². The van der Waals surface area contributed by atoms with Gasteiger partial charge < -0.3 is 9.47 Å². The molecule has 3 aromatic carbocycles. The van der Waals surface area contributed by atoms with Crippen LogP contribution in [-0.2, 0) is 13.1 Å². The van der Waals surface area contributed by atoms with Crippen LogP contribution in [0.1, 0.15) is 28.9 Å². The maximum Gasteiger partial charge on any atom is 0.254 e. The Labute approximate surface area is 186 Å². The summed E-state index contributed by atoms with van der Waals surface area (Å²) < 4.78 is 4.27. The number of rotatable bonds is 5. The average Bonchev–Trinajstić information content (AvgIpc) is 3.34. The number of hydrogen-bond donors (Lipinski definition) is 0. The van der Waals surface area contributed by atoms with E-state index >= 15 is 0 Å². The van der Waals surface area contributed by atoms with Gasteiger partial charge in [0.05, 0.1) is 28.6 Å². The molecule has 0 aliphatic carbocycles. The Hall–Kier alpha value is -3.93. The molecule has 0 bridgehead atoms. The smallest absolute Gasteiger partial charge is 0.254 e. The minimum atomic E-state index is -0.0477. The SMILES string of the molecule is CCn1c(CN(C)C(=O)c2ccc3c(c2)nc(C)n3-c2ccccc2)nc2ccccc21. The first-order chi connectivity index (χ1) is 15.6. The number of aromatic nitrogens is 4. The summed E-state index contributed by atoms with van der Waals surface area (Å²) in [7, 11) is 1.82. The molecule has 2 heterocycles. The van der Waals surface area contributed by atoms with E-state index in [4.69, 9.17) is 9.97 Å². The van der Waals surface area contributed by atoms with Gasteiger partial charge in [-0.25, -0.2) is 9.97 Å². The van der Waals surface area contributed by atoms with Crippen molar-refractivity contribution in [2.45, 2.75) is 26.9 Å². The van der Waals surface area contributed by atoms with E-state index < -0.39 is 0 Å². The van der Waals surface area contributed by atoms with E-state index in [0.29, 0.717) is 12.1 Å². The van der Waals surface area contributed by atoms with E-state index in [0.717, 1.165) is 45.9 Å². The standard InChI is InChI=1S/C26H25N5O/c1-4-30-23-13-9-8-12-21(23)28-25(30)17-29(3)26(32)19-14-15-24-22(16-19)27-18(2)31(24)20-10-6-5-7-11-20/h5-16H,4,17H2,1-3H3. The number of imidazole rings is 2. The van der Waals surface area contributed by atoms with Crippen LogP contribution in [0.2, 0.25) is 0 Å². The van der Waals surface area contributed by atoms with Crippen LogP contribution in [-0.4, -0.2) is 37.0 Å². The van der Waals surface area contributed by atoms with Crippen LogP contribution in [0.25, 0.3) is 27.8 Å². The number of aryl methyl sites for hydroxylation is 2. The third kappa shape index (κ3) is 3.34. The van der Waals surface area contributed by atoms with E-state index in [1.54, 1.807) is 4.90 Å². The van der Waals surface area contributed by atoms with Crippen molar-refractivity contribution >= 4 is 28.0 Å². The van der Waals surface area contributed by atoms with Gasteiger partial charge in [-0.2, -0.15) is 0 Å². The maximum atomic E-state index is 13.2. The Morgan fingerprint density at radius 1 is 0.906 bits per heavy atom. The Balaban J connectivity index is 1.45. The number of fused-ring (bicyclic) bond motifs is 2. The molecule has 6 nitrogen and oxygen atoms in total. The number of carbonyl (C=O) groups excluding carboxylic acids is 1. The summed E-state index contributed by atoms with van der Waals surface area (Å²) in [5.41, 5.74) is 5.52. The Morgan fingerprint density at radius 3 is 2.44 bits per heavy atom. The highest BCUT2D eigenvalue weighted by atomic mass is 16.2. The predicted molar refractivity (Wildman–Crippen MR) is 127 cm³/mol. The van der Waals surface area contributed by atoms with Crippen molar-refractivity contribution in [2.24, 2.45) is 0 Å². The zero-order valence-corrected chi connectivity index (χ0v) is 18.5. The van der Waals surface area contributed by atoms with Gasteiger partial charge in [0, 0.05) is 24.8 Å². The number of para-hydroxylation sites is 3. The minimum Gasteiger partial charge on any atom is -0.334 e. The fraction of sp³-hybridized carbons (Fsp3) is 0.192. The lowest BCUT2D eigenvalue weighted by Crippen LogP contribution is -2.27. The summed E-state index contributed by atoms with van der Waals surface area (Å²) in [6, 6.07) is 23.9. The molecule has 0 fully saturated rings. The van der Waals surface area contributed by atoms with Gasteiger partial charge in [0.1, 0.15) is 11.6 Å². The van der Waals surface area contributed by atoms with Crippen LogP contribution in [0, 0.1) is 6.92 Å². The van der Waals surface area contributed by atoms with Gasteiger partial charge in [-0.1, -0.05) is 30.3 Å². The van der Waals surface area contributed by atoms with Gasteiger partial charge in [-0.3, -0.25) is 9.36 Å². The van der Waals surface area contributed by atoms with Crippen LogP contribution in [0.4, 0.5) is 0 Å². The second kappa shape index (κ2) is 7.96. The van der Waals surface area contributed by atoms with Crippen LogP contribution >= 0.6 is 0 Å². The lowest BCUT2D eigenvalue weighted by Gasteiger charge is -2.18. The van der Waals surface area contributed by atoms with Gasteiger partial charge in [-0.15, -0.1) is 0 Å². The second-order valence-electron chi connectivity index (χ2n) is 7.96. The van der Waals surface area contributed by atoms with Crippen molar-refractivity contribution in [3.05, 3.63) is 90.0 Å². The van der Waals surface area contributed by atoms with Crippen molar-refractivity contribution in [1.29, 1.82) is 0 Å². The first-order valence-corrected chi connectivity index (χ1v) is 10.8. The molecule has 160 valence electrons. The number of carbonyl (C=O) groups is 1. The summed E-state index contributed by atoms with van der Waals surface area (Å²) in [4.78, 5) is 24.4. The average molecular weight is 424 g/mol. The fourth-order valence-corrected chi connectivity index (χ4v) is 4.34. The Kier molecular flexibility index (Phi) is 4.98. The first-order valence-electron chi connectivity index (χ1n) is 10.8. The monoisotopic (exact) mass is 423 g/mol. The molecule has 1 amide bonds. The molecule has 0 radical (unpaired) electrons. The van der Waals surface area contributed by atoms with Crippen molar-refractivity contribution in [1.82, 2.24) is 24.0 Å². The van der Waals surface area contributed by atoms with Crippen molar-refractivity contribution in [3.8, 4) is 5.69 Å². The third-order valence-electron chi connectivity index (χ3n) is 5.86. The highest BCUT2D eigenvalue weighted by Crippen LogP contribution is 2.23. The number of nitrogens with zero attached hydrogens (tertiary/aromatic N) is 5. The zero-order valence-electron chi connectivity index (χ0n) is 18.5. The molecule has 32 heavy (non-hydrogen) atoms. The van der Waals surface area contributed by atoms with Crippen LogP contribution in [0.5, 0.6) is 0 Å². The molecule has 6 heteroatoms. The predicted octanol–water partition coefficient (Wildman–Crippen LogP) is 4.98. The van der Waals surface area contributed by atoms with Crippen LogP contribution < -0.4 is 0 Å². The Bertz CT molecular complexity index is 1430. The third-order valence-corrected chi connectivity index (χ3v) is 5.86. The molecule has 0 aliphatic heterocycles. The molecule has 0 atom stereocenters. The molecule has 0 saturated carbocycles. The first kappa shape index (κ1) is 20.0. The molecular weight excluding hydrogens is 398 g/mol. The minimum absolute atomic E-state index is 0.0477. The van der Waals surface area contributed by atoms with Crippen LogP contribution in [0.3, 0.4) is 0 Å². The quantitative estimate of drug-likeness (QED) is 0.401. The molecule has 5 rings (SSSR count). The van der Waals surface area contributed by atoms with E-state index in [1.165, 1.54) is 0 Å². The summed E-state index contributed by atoms with van der Waals surface area (Å²) in [6.07, 6.45) is 0. The zero-order chi connectivity index (χ0) is 22.2. The number of amides is 1. The second-order valence-corrected chi connectivity index (χ2v) is 7.96. The van der Waals surface area contributed by atoms with Crippen molar-refractivity contribution < 1.29 is 4.79 Å². The summed E-state index contributed by atoms with van der Waals surface area (Å²) in [5.74, 6) is 1.73. The van der Waals surface area contributed by atoms with Gasteiger partial charge >= 0.3 is 0 Å². The highest BCUT2D eigenvalue weighted by molar-refractivity contribution is 5.97. The molecule has 0 spiro atoms. The van der Waals surface area contributed by atoms with Gasteiger partial charge in [0.25, 0.3) is 5.91 Å². The van der Waals surface area contributed by atoms with E-state index in [1.807, 2.05) is 68.6 Å². The lowest BCUT2D eigenvalue weighted by atomic mass is 10.1. The summed E-state index contributed by atoms with van der Waals surface area (Å²) in [6.45, 7) is 5.32. The maximum absolute atomic E-state index is 13.2. The van der Waals surface area contributed by atoms with Gasteiger partial charge in [0.2, 0.25) is 0 Å². The lowest BCUT2D eigenvalue weighted by molar-refractivity contribution is 0.0780. The summed E-state index contributed by atoms with van der Waals surface area (Å²) >= 11 is 0. The van der Waals surface area contributed by atoms with E-state index in [9.17, 15) is 4.79 Å². The van der Waals surface area contributed by atoms with Crippen molar-refractivity contribution in [3.63, 3.8) is 0 Å². The molecule has 0 N–H and O–H groups in total. The Morgan fingerprint density at radius 2 is 1.66 bits per heavy atom. The topological polar surface area (TPSA) is 56.0 Å². The molecule has 0 aliphatic rings. The van der Waals surface area contributed by atoms with Crippen LogP contribution in [0.15, 0.2) is 72.8 Å². The summed E-state index contributed by atoms with van der Waals surface area (Å²) in [5, 5.41) is 0. The number of hydrogen-bond acceptors (Lipinski definition) is 3. The molecule has 5 aromatic rings. The molecule has 0 unspecified atom stereocenters. The highest BCUT2D eigenvalue weighted by Gasteiger charge is 2.18. The molecule has 2 aromatic heterocycles. The molecular formula is C26H25N5O. The largest absolute Gasteiger partial charge is 0.334 e.